The van der Waals surface area contributed by atoms with Crippen molar-refractivity contribution in [3.05, 3.63) is 27.7 Å². The number of rotatable bonds is 4. The van der Waals surface area contributed by atoms with Crippen molar-refractivity contribution in [2.24, 2.45) is 0 Å². The van der Waals surface area contributed by atoms with Gasteiger partial charge in [0.15, 0.2) is 0 Å². The third-order valence-corrected chi connectivity index (χ3v) is 5.67. The van der Waals surface area contributed by atoms with Crippen LogP contribution in [0.15, 0.2) is 6.20 Å². The minimum atomic E-state index is 0.136. The predicted octanol–water partition coefficient (Wildman–Crippen LogP) is 3.26. The lowest BCUT2D eigenvalue weighted by Crippen LogP contribution is -2.37. The summed E-state index contributed by atoms with van der Waals surface area (Å²) in [4.78, 5) is 5.88. The number of nitrogens with zero attached hydrogens (tertiary/aromatic N) is 4. The van der Waals surface area contributed by atoms with Gasteiger partial charge in [-0.05, 0) is 6.42 Å². The molecule has 2 aromatic heterocycles. The normalized spacial score (nSPS) is 18.4. The standard InChI is InChI=1S/C17H27N5S/c1-11(2)15-21-20-14-7-6-12(10-22(14)15)18-8-13-9-19-16(23-13)17(3,4)5/h9,11-12,18H,6-8,10H2,1-5H3. The summed E-state index contributed by atoms with van der Waals surface area (Å²) in [5, 5.41) is 13.6. The van der Waals surface area contributed by atoms with Crippen LogP contribution in [0.1, 0.15) is 68.5 Å². The Labute approximate surface area is 142 Å². The molecule has 0 radical (unpaired) electrons. The van der Waals surface area contributed by atoms with Crippen LogP contribution >= 0.6 is 11.3 Å². The highest BCUT2D eigenvalue weighted by atomic mass is 32.1. The zero-order chi connectivity index (χ0) is 16.6. The summed E-state index contributed by atoms with van der Waals surface area (Å²) in [6.45, 7) is 12.9. The first-order valence-corrected chi connectivity index (χ1v) is 9.27. The van der Waals surface area contributed by atoms with E-state index in [-0.39, 0.29) is 5.41 Å². The third kappa shape index (κ3) is 3.63. The van der Waals surface area contributed by atoms with Gasteiger partial charge in [0.1, 0.15) is 11.6 Å². The summed E-state index contributed by atoms with van der Waals surface area (Å²) in [6.07, 6.45) is 4.15. The van der Waals surface area contributed by atoms with Crippen LogP contribution in [0.5, 0.6) is 0 Å². The Morgan fingerprint density at radius 2 is 2.13 bits per heavy atom. The molecule has 23 heavy (non-hydrogen) atoms. The van der Waals surface area contributed by atoms with Gasteiger partial charge in [-0.3, -0.25) is 0 Å². The molecule has 0 bridgehead atoms. The Balaban J connectivity index is 1.62. The van der Waals surface area contributed by atoms with Crippen molar-refractivity contribution >= 4 is 11.3 Å². The van der Waals surface area contributed by atoms with E-state index in [2.05, 4.69) is 59.7 Å². The van der Waals surface area contributed by atoms with Crippen molar-refractivity contribution < 1.29 is 0 Å². The Morgan fingerprint density at radius 3 is 2.78 bits per heavy atom. The van der Waals surface area contributed by atoms with Gasteiger partial charge in [-0.15, -0.1) is 21.5 Å². The van der Waals surface area contributed by atoms with Crippen LogP contribution in [-0.2, 0) is 24.9 Å². The molecule has 0 spiro atoms. The first-order valence-electron chi connectivity index (χ1n) is 8.45. The average molecular weight is 334 g/mol. The second kappa shape index (κ2) is 6.32. The van der Waals surface area contributed by atoms with E-state index in [9.17, 15) is 0 Å². The van der Waals surface area contributed by atoms with Crippen LogP contribution in [0.2, 0.25) is 0 Å². The van der Waals surface area contributed by atoms with Gasteiger partial charge in [-0.1, -0.05) is 34.6 Å². The fourth-order valence-corrected chi connectivity index (χ4v) is 3.84. The molecule has 0 saturated carbocycles. The summed E-state index contributed by atoms with van der Waals surface area (Å²) < 4.78 is 2.30. The molecule has 1 unspecified atom stereocenters. The quantitative estimate of drug-likeness (QED) is 0.933. The summed E-state index contributed by atoms with van der Waals surface area (Å²) in [5.41, 5.74) is 0.136. The molecule has 3 heterocycles. The molecular weight excluding hydrogens is 306 g/mol. The van der Waals surface area contributed by atoms with E-state index in [1.165, 1.54) is 9.88 Å². The van der Waals surface area contributed by atoms with Crippen LogP contribution in [0.25, 0.3) is 0 Å². The van der Waals surface area contributed by atoms with Crippen molar-refractivity contribution in [2.75, 3.05) is 0 Å². The van der Waals surface area contributed by atoms with Gasteiger partial charge in [0.2, 0.25) is 0 Å². The van der Waals surface area contributed by atoms with E-state index < -0.39 is 0 Å². The summed E-state index contributed by atoms with van der Waals surface area (Å²) in [6, 6.07) is 0.483. The van der Waals surface area contributed by atoms with E-state index >= 15 is 0 Å². The Bertz CT molecular complexity index is 665. The highest BCUT2D eigenvalue weighted by Gasteiger charge is 2.24. The van der Waals surface area contributed by atoms with Crippen molar-refractivity contribution in [1.82, 2.24) is 25.1 Å². The molecule has 0 fully saturated rings. The molecule has 6 heteroatoms. The van der Waals surface area contributed by atoms with Crippen molar-refractivity contribution in [2.45, 2.75) is 77.9 Å². The van der Waals surface area contributed by atoms with Crippen molar-refractivity contribution in [3.8, 4) is 0 Å². The second-order valence-corrected chi connectivity index (χ2v) is 8.85. The topological polar surface area (TPSA) is 55.6 Å². The highest BCUT2D eigenvalue weighted by Crippen LogP contribution is 2.27. The molecule has 5 nitrogen and oxygen atoms in total. The average Bonchev–Trinajstić information content (AvgIpc) is 3.11. The summed E-state index contributed by atoms with van der Waals surface area (Å²) in [5.74, 6) is 2.67. The number of fused-ring (bicyclic) bond motifs is 1. The highest BCUT2D eigenvalue weighted by molar-refractivity contribution is 7.11. The van der Waals surface area contributed by atoms with E-state index in [1.54, 1.807) is 0 Å². The van der Waals surface area contributed by atoms with Crippen LogP contribution in [0.3, 0.4) is 0 Å². The van der Waals surface area contributed by atoms with Crippen LogP contribution < -0.4 is 5.32 Å². The number of thiazole rings is 1. The molecule has 1 aliphatic rings. The molecular formula is C17H27N5S. The molecule has 126 valence electrons. The predicted molar refractivity (Wildman–Crippen MR) is 93.9 cm³/mol. The molecule has 3 rings (SSSR count). The zero-order valence-electron chi connectivity index (χ0n) is 14.8. The maximum absolute atomic E-state index is 4.57. The largest absolute Gasteiger partial charge is 0.313 e. The maximum atomic E-state index is 4.57. The molecule has 2 aromatic rings. The van der Waals surface area contributed by atoms with E-state index in [0.717, 1.165) is 37.6 Å². The molecule has 0 amide bonds. The van der Waals surface area contributed by atoms with E-state index in [1.807, 2.05) is 17.5 Å². The van der Waals surface area contributed by atoms with Crippen LogP contribution in [0, 0.1) is 0 Å². The van der Waals surface area contributed by atoms with Gasteiger partial charge >= 0.3 is 0 Å². The van der Waals surface area contributed by atoms with Crippen molar-refractivity contribution in [1.29, 1.82) is 0 Å². The SMILES string of the molecule is CC(C)c1nnc2n1CC(NCc1cnc(C(C)(C)C)s1)CC2. The number of hydrogen-bond acceptors (Lipinski definition) is 5. The van der Waals surface area contributed by atoms with Crippen LogP contribution in [0.4, 0.5) is 0 Å². The van der Waals surface area contributed by atoms with Gasteiger partial charge in [0, 0.05) is 48.0 Å². The number of hydrogen-bond donors (Lipinski definition) is 1. The van der Waals surface area contributed by atoms with E-state index in [0.29, 0.717) is 12.0 Å². The number of nitrogens with one attached hydrogen (secondary N) is 1. The molecule has 0 aromatic carbocycles. The first kappa shape index (κ1) is 16.6. The lowest BCUT2D eigenvalue weighted by molar-refractivity contribution is 0.371. The van der Waals surface area contributed by atoms with E-state index in [4.69, 9.17) is 0 Å². The number of aromatic nitrogens is 4. The van der Waals surface area contributed by atoms with Crippen molar-refractivity contribution in [3.63, 3.8) is 0 Å². The van der Waals surface area contributed by atoms with Gasteiger partial charge in [0.05, 0.1) is 5.01 Å². The molecule has 1 aliphatic heterocycles. The Morgan fingerprint density at radius 1 is 1.35 bits per heavy atom. The summed E-state index contributed by atoms with van der Waals surface area (Å²) >= 11 is 1.82. The molecule has 1 atom stereocenters. The third-order valence-electron chi connectivity index (χ3n) is 4.25. The molecule has 0 saturated heterocycles. The van der Waals surface area contributed by atoms with Crippen LogP contribution in [-0.4, -0.2) is 25.8 Å². The minimum Gasteiger partial charge on any atom is -0.313 e. The molecule has 1 N–H and O–H groups in total. The fraction of sp³-hybridized carbons (Fsp3) is 0.706. The minimum absolute atomic E-state index is 0.136. The number of aryl methyl sites for hydroxylation is 1. The van der Waals surface area contributed by atoms with Gasteiger partial charge in [0.25, 0.3) is 0 Å². The smallest absolute Gasteiger partial charge is 0.135 e. The first-order chi connectivity index (χ1) is 10.8. The summed E-state index contributed by atoms with van der Waals surface area (Å²) in [7, 11) is 0. The van der Waals surface area contributed by atoms with Gasteiger partial charge in [-0.25, -0.2) is 4.98 Å². The lowest BCUT2D eigenvalue weighted by atomic mass is 9.98. The molecule has 0 aliphatic carbocycles. The van der Waals surface area contributed by atoms with Gasteiger partial charge in [-0.2, -0.15) is 0 Å². The second-order valence-electron chi connectivity index (χ2n) is 7.74. The fourth-order valence-electron chi connectivity index (χ4n) is 2.92. The monoisotopic (exact) mass is 333 g/mol. The zero-order valence-corrected chi connectivity index (χ0v) is 15.6. The Hall–Kier alpha value is -1.27. The van der Waals surface area contributed by atoms with Gasteiger partial charge < -0.3 is 9.88 Å². The lowest BCUT2D eigenvalue weighted by Gasteiger charge is -2.25. The Kier molecular flexibility index (Phi) is 4.56. The maximum Gasteiger partial charge on any atom is 0.135 e.